The molecule has 0 aromatic carbocycles. The Bertz CT molecular complexity index is 345. The van der Waals surface area contributed by atoms with Crippen molar-refractivity contribution in [1.82, 2.24) is 4.98 Å². The van der Waals surface area contributed by atoms with Crippen LogP contribution >= 0.6 is 0 Å². The fourth-order valence-electron chi connectivity index (χ4n) is 0.820. The lowest BCUT2D eigenvalue weighted by Gasteiger charge is -2.14. The molecule has 0 spiro atoms. The van der Waals surface area contributed by atoms with Crippen LogP contribution in [0.4, 0.5) is 4.39 Å². The zero-order valence-corrected chi connectivity index (χ0v) is 9.20. The number of pyridine rings is 1. The molecule has 0 atom stereocenters. The number of hydrogen-bond donors (Lipinski definition) is 0. The van der Waals surface area contributed by atoms with Crippen molar-refractivity contribution in [2.24, 2.45) is 10.6 Å². The second kappa shape index (κ2) is 4.87. The Kier molecular flexibility index (Phi) is 3.77. The molecular formula is C11H15FN2O. The molecule has 0 fully saturated rings. The summed E-state index contributed by atoms with van der Waals surface area (Å²) in [4.78, 5) is 8.53. The molecule has 0 amide bonds. The van der Waals surface area contributed by atoms with Crippen LogP contribution in [0.1, 0.15) is 26.3 Å². The molecule has 82 valence electrons. The Morgan fingerprint density at radius 2 is 2.27 bits per heavy atom. The maximum Gasteiger partial charge on any atom is 0.221 e. The Labute approximate surface area is 89.0 Å². The lowest BCUT2D eigenvalue weighted by molar-refractivity contribution is 0.0782. The van der Waals surface area contributed by atoms with E-state index in [4.69, 9.17) is 4.84 Å². The summed E-state index contributed by atoms with van der Waals surface area (Å²) in [5, 5.41) is 3.68. The highest BCUT2D eigenvalue weighted by Crippen LogP contribution is 2.12. The van der Waals surface area contributed by atoms with Crippen molar-refractivity contribution in [3.05, 3.63) is 29.8 Å². The van der Waals surface area contributed by atoms with Gasteiger partial charge < -0.3 is 4.84 Å². The zero-order valence-electron chi connectivity index (χ0n) is 9.20. The van der Waals surface area contributed by atoms with Gasteiger partial charge >= 0.3 is 0 Å². The molecule has 0 saturated heterocycles. The number of rotatable bonds is 3. The standard InChI is InChI=1S/C11H15FN2O/c1-11(2,3)8-15-14-7-9-5-4-6-13-10(9)12/h4-7H,8H2,1-3H3/b14-7+/i12-1. The average molecular weight is 209 g/mol. The number of aromatic nitrogens is 1. The summed E-state index contributed by atoms with van der Waals surface area (Å²) in [6, 6.07) is 3.24. The third-order valence-electron chi connectivity index (χ3n) is 1.55. The van der Waals surface area contributed by atoms with E-state index >= 15 is 0 Å². The monoisotopic (exact) mass is 209 g/mol. The van der Waals surface area contributed by atoms with Crippen LogP contribution < -0.4 is 0 Å². The molecule has 15 heavy (non-hydrogen) atoms. The summed E-state index contributed by atoms with van der Waals surface area (Å²) in [7, 11) is 0. The van der Waals surface area contributed by atoms with Crippen molar-refractivity contribution < 1.29 is 9.23 Å². The molecule has 1 aromatic rings. The molecule has 0 saturated carbocycles. The summed E-state index contributed by atoms with van der Waals surface area (Å²) in [5.74, 6) is -0.541. The normalized spacial score (nSPS) is 12.0. The Morgan fingerprint density at radius 3 is 2.87 bits per heavy atom. The molecule has 4 heteroatoms. The van der Waals surface area contributed by atoms with E-state index < -0.39 is 5.95 Å². The number of hydrogen-bond acceptors (Lipinski definition) is 3. The van der Waals surface area contributed by atoms with Gasteiger partial charge in [0.1, 0.15) is 6.61 Å². The molecule has 0 radical (unpaired) electrons. The quantitative estimate of drug-likeness (QED) is 0.435. The highest BCUT2D eigenvalue weighted by atomic mass is 18.2. The van der Waals surface area contributed by atoms with E-state index in [0.717, 1.165) is 0 Å². The zero-order chi connectivity index (χ0) is 11.3. The number of oxime groups is 1. The molecule has 0 aliphatic heterocycles. The minimum absolute atomic E-state index is 0.0465. The molecule has 1 heterocycles. The minimum Gasteiger partial charge on any atom is -0.395 e. The van der Waals surface area contributed by atoms with Gasteiger partial charge in [0.2, 0.25) is 5.95 Å². The topological polar surface area (TPSA) is 34.5 Å². The Hall–Kier alpha value is -1.45. The first-order valence-corrected chi connectivity index (χ1v) is 4.75. The van der Waals surface area contributed by atoms with Gasteiger partial charge in [-0.25, -0.2) is 4.98 Å². The maximum absolute atomic E-state index is 13.0. The van der Waals surface area contributed by atoms with Crippen molar-refractivity contribution in [2.45, 2.75) is 20.8 Å². The summed E-state index contributed by atoms with van der Waals surface area (Å²) in [6.07, 6.45) is 2.72. The highest BCUT2D eigenvalue weighted by Gasteiger charge is 2.10. The fraction of sp³-hybridized carbons (Fsp3) is 0.455. The summed E-state index contributed by atoms with van der Waals surface area (Å²) >= 11 is 0. The smallest absolute Gasteiger partial charge is 0.221 e. The van der Waals surface area contributed by atoms with Crippen LogP contribution in [-0.2, 0) is 4.84 Å². The van der Waals surface area contributed by atoms with Crippen LogP contribution in [0.5, 0.6) is 0 Å². The van der Waals surface area contributed by atoms with Gasteiger partial charge in [-0.3, -0.25) is 0 Å². The van der Waals surface area contributed by atoms with Crippen LogP contribution in [0.2, 0.25) is 0 Å². The van der Waals surface area contributed by atoms with Gasteiger partial charge in [0.05, 0.1) is 11.8 Å². The summed E-state index contributed by atoms with van der Waals surface area (Å²) in [6.45, 7) is 6.60. The first kappa shape index (κ1) is 11.6. The molecule has 3 nitrogen and oxygen atoms in total. The number of halogens is 1. The summed E-state index contributed by atoms with van der Waals surface area (Å²) in [5.41, 5.74) is 0.372. The van der Waals surface area contributed by atoms with E-state index in [1.165, 1.54) is 12.4 Å². The van der Waals surface area contributed by atoms with Crippen LogP contribution in [0.25, 0.3) is 0 Å². The lowest BCUT2D eigenvalue weighted by atomic mass is 9.99. The average Bonchev–Trinajstić information content (AvgIpc) is 2.13. The van der Waals surface area contributed by atoms with E-state index in [0.29, 0.717) is 12.2 Å². The van der Waals surface area contributed by atoms with E-state index in [2.05, 4.69) is 10.1 Å². The third kappa shape index (κ3) is 4.54. The summed E-state index contributed by atoms with van der Waals surface area (Å²) < 4.78 is 13.0. The maximum atomic E-state index is 13.0. The molecule has 0 N–H and O–H groups in total. The second-order valence-corrected chi connectivity index (χ2v) is 4.45. The van der Waals surface area contributed by atoms with Crippen molar-refractivity contribution in [1.29, 1.82) is 0 Å². The van der Waals surface area contributed by atoms with E-state index in [9.17, 15) is 4.39 Å². The van der Waals surface area contributed by atoms with Crippen LogP contribution in [0, 0.1) is 11.4 Å². The second-order valence-electron chi connectivity index (χ2n) is 4.45. The number of nitrogens with zero attached hydrogens (tertiary/aromatic N) is 2. The third-order valence-corrected chi connectivity index (χ3v) is 1.55. The van der Waals surface area contributed by atoms with E-state index in [1.54, 1.807) is 12.1 Å². The molecular weight excluding hydrogens is 194 g/mol. The van der Waals surface area contributed by atoms with Crippen molar-refractivity contribution >= 4 is 6.21 Å². The molecule has 1 aromatic heterocycles. The van der Waals surface area contributed by atoms with E-state index in [1.807, 2.05) is 20.8 Å². The molecule has 0 unspecified atom stereocenters. The van der Waals surface area contributed by atoms with Crippen molar-refractivity contribution in [2.75, 3.05) is 6.61 Å². The van der Waals surface area contributed by atoms with Crippen molar-refractivity contribution in [3.8, 4) is 0 Å². The van der Waals surface area contributed by atoms with Gasteiger partial charge in [0.25, 0.3) is 0 Å². The van der Waals surface area contributed by atoms with Crippen LogP contribution in [-0.4, -0.2) is 17.8 Å². The molecule has 0 aliphatic rings. The SMILES string of the molecule is CC(C)(C)CO/N=C/c1cccnc1[18F]. The van der Waals surface area contributed by atoms with Gasteiger partial charge in [-0.1, -0.05) is 25.9 Å². The fourth-order valence-corrected chi connectivity index (χ4v) is 0.820. The predicted octanol–water partition coefficient (Wildman–Crippen LogP) is 2.62. The Morgan fingerprint density at radius 1 is 1.53 bits per heavy atom. The van der Waals surface area contributed by atoms with Crippen LogP contribution in [0.3, 0.4) is 0 Å². The largest absolute Gasteiger partial charge is 0.395 e. The molecule has 0 aliphatic carbocycles. The predicted molar refractivity (Wildman–Crippen MR) is 57.2 cm³/mol. The van der Waals surface area contributed by atoms with Gasteiger partial charge in [-0.15, -0.1) is 0 Å². The first-order valence-electron chi connectivity index (χ1n) is 4.75. The van der Waals surface area contributed by atoms with Crippen molar-refractivity contribution in [3.63, 3.8) is 0 Å². The van der Waals surface area contributed by atoms with Gasteiger partial charge in [-0.2, -0.15) is 4.39 Å². The Balaban J connectivity index is 2.49. The molecule has 0 bridgehead atoms. The highest BCUT2D eigenvalue weighted by molar-refractivity contribution is 5.78. The van der Waals surface area contributed by atoms with Crippen LogP contribution in [0.15, 0.2) is 23.5 Å². The van der Waals surface area contributed by atoms with E-state index in [-0.39, 0.29) is 5.41 Å². The van der Waals surface area contributed by atoms with Gasteiger partial charge in [-0.05, 0) is 17.5 Å². The van der Waals surface area contributed by atoms with Gasteiger partial charge in [0, 0.05) is 6.20 Å². The first-order chi connectivity index (χ1) is 6.99. The minimum atomic E-state index is -0.541. The lowest BCUT2D eigenvalue weighted by Crippen LogP contribution is -2.12. The van der Waals surface area contributed by atoms with Gasteiger partial charge in [0.15, 0.2) is 0 Å². The molecule has 1 rings (SSSR count).